The first-order valence-corrected chi connectivity index (χ1v) is 5.22. The van der Waals surface area contributed by atoms with E-state index in [0.717, 1.165) is 12.8 Å². The first kappa shape index (κ1) is 11.2. The molecule has 0 spiro atoms. The molecule has 3 unspecified atom stereocenters. The molecule has 0 aromatic rings. The van der Waals surface area contributed by atoms with E-state index in [0.29, 0.717) is 12.3 Å². The number of carbonyl (C=O) groups is 2. The third kappa shape index (κ3) is 1.97. The van der Waals surface area contributed by atoms with Gasteiger partial charge in [0.25, 0.3) is 0 Å². The van der Waals surface area contributed by atoms with Crippen molar-refractivity contribution in [1.82, 2.24) is 0 Å². The maximum Gasteiger partial charge on any atom is 0.316 e. The maximum atomic E-state index is 11.5. The molecule has 3 heteroatoms. The lowest BCUT2D eigenvalue weighted by Gasteiger charge is -2.21. The van der Waals surface area contributed by atoms with Crippen molar-refractivity contribution in [3.8, 4) is 0 Å². The van der Waals surface area contributed by atoms with E-state index in [2.05, 4.69) is 18.6 Å². The summed E-state index contributed by atoms with van der Waals surface area (Å²) in [4.78, 5) is 22.9. The van der Waals surface area contributed by atoms with Crippen LogP contribution in [-0.2, 0) is 14.3 Å². The summed E-state index contributed by atoms with van der Waals surface area (Å²) in [6.07, 6.45) is 2.38. The Bertz CT molecular complexity index is 235. The summed E-state index contributed by atoms with van der Waals surface area (Å²) in [5.41, 5.74) is 0. The quantitative estimate of drug-likeness (QED) is 0.513. The Balaban J connectivity index is 2.76. The monoisotopic (exact) mass is 198 g/mol. The normalized spacial score (nSPS) is 28.9. The average Bonchev–Trinajstić information content (AvgIpc) is 2.58. The van der Waals surface area contributed by atoms with Gasteiger partial charge in [-0.15, -0.1) is 0 Å². The van der Waals surface area contributed by atoms with Crippen molar-refractivity contribution in [3.05, 3.63) is 0 Å². The van der Waals surface area contributed by atoms with Gasteiger partial charge in [0, 0.05) is 6.42 Å². The van der Waals surface area contributed by atoms with Gasteiger partial charge in [0.05, 0.1) is 7.11 Å². The summed E-state index contributed by atoms with van der Waals surface area (Å²) >= 11 is 0. The Morgan fingerprint density at radius 2 is 2.29 bits per heavy atom. The number of rotatable bonds is 3. The Kier molecular flexibility index (Phi) is 3.67. The predicted octanol–water partition coefficient (Wildman–Crippen LogP) is 1.80. The van der Waals surface area contributed by atoms with E-state index in [-0.39, 0.29) is 17.7 Å². The molecule has 0 saturated heterocycles. The van der Waals surface area contributed by atoms with Gasteiger partial charge >= 0.3 is 5.97 Å². The standard InChI is InChI=1S/C11H18O3/c1-4-7(2)8-5-6-9(12)10(8)11(13)14-3/h7-8,10H,4-6H2,1-3H3. The van der Waals surface area contributed by atoms with E-state index in [1.54, 1.807) is 0 Å². The Morgan fingerprint density at radius 1 is 1.64 bits per heavy atom. The molecule has 0 amide bonds. The molecule has 1 saturated carbocycles. The zero-order chi connectivity index (χ0) is 10.7. The van der Waals surface area contributed by atoms with Crippen molar-refractivity contribution in [1.29, 1.82) is 0 Å². The highest BCUT2D eigenvalue weighted by atomic mass is 16.5. The van der Waals surface area contributed by atoms with Gasteiger partial charge in [-0.1, -0.05) is 20.3 Å². The van der Waals surface area contributed by atoms with Crippen molar-refractivity contribution in [2.45, 2.75) is 33.1 Å². The third-order valence-corrected chi connectivity index (χ3v) is 3.33. The van der Waals surface area contributed by atoms with Gasteiger partial charge < -0.3 is 4.74 Å². The van der Waals surface area contributed by atoms with Crippen LogP contribution >= 0.6 is 0 Å². The van der Waals surface area contributed by atoms with Crippen LogP contribution in [0.25, 0.3) is 0 Å². The van der Waals surface area contributed by atoms with Crippen LogP contribution in [0.4, 0.5) is 0 Å². The second kappa shape index (κ2) is 4.58. The van der Waals surface area contributed by atoms with Gasteiger partial charge in [0.1, 0.15) is 11.7 Å². The van der Waals surface area contributed by atoms with Crippen LogP contribution in [0.3, 0.4) is 0 Å². The van der Waals surface area contributed by atoms with E-state index in [1.165, 1.54) is 7.11 Å². The van der Waals surface area contributed by atoms with E-state index in [9.17, 15) is 9.59 Å². The van der Waals surface area contributed by atoms with Gasteiger partial charge in [-0.25, -0.2) is 0 Å². The summed E-state index contributed by atoms with van der Waals surface area (Å²) in [5, 5.41) is 0. The summed E-state index contributed by atoms with van der Waals surface area (Å²) in [6.45, 7) is 4.18. The van der Waals surface area contributed by atoms with Crippen LogP contribution in [0.5, 0.6) is 0 Å². The number of hydrogen-bond donors (Lipinski definition) is 0. The van der Waals surface area contributed by atoms with Crippen molar-refractivity contribution in [2.24, 2.45) is 17.8 Å². The topological polar surface area (TPSA) is 43.4 Å². The summed E-state index contributed by atoms with van der Waals surface area (Å²) in [6, 6.07) is 0. The van der Waals surface area contributed by atoms with Gasteiger partial charge in [0.2, 0.25) is 0 Å². The first-order valence-electron chi connectivity index (χ1n) is 5.22. The molecule has 14 heavy (non-hydrogen) atoms. The molecule has 0 radical (unpaired) electrons. The molecule has 0 N–H and O–H groups in total. The van der Waals surface area contributed by atoms with Gasteiger partial charge in [-0.2, -0.15) is 0 Å². The van der Waals surface area contributed by atoms with Crippen LogP contribution < -0.4 is 0 Å². The zero-order valence-electron chi connectivity index (χ0n) is 9.08. The number of ketones is 1. The number of hydrogen-bond acceptors (Lipinski definition) is 3. The Hall–Kier alpha value is -0.860. The van der Waals surface area contributed by atoms with Crippen molar-refractivity contribution < 1.29 is 14.3 Å². The lowest BCUT2D eigenvalue weighted by atomic mass is 9.83. The minimum Gasteiger partial charge on any atom is -0.468 e. The number of methoxy groups -OCH3 is 1. The highest BCUT2D eigenvalue weighted by Gasteiger charge is 2.42. The molecule has 0 aromatic heterocycles. The predicted molar refractivity (Wildman–Crippen MR) is 52.7 cm³/mol. The summed E-state index contributed by atoms with van der Waals surface area (Å²) < 4.78 is 4.67. The zero-order valence-corrected chi connectivity index (χ0v) is 9.08. The highest BCUT2D eigenvalue weighted by molar-refractivity contribution is 6.00. The highest BCUT2D eigenvalue weighted by Crippen LogP contribution is 2.36. The molecule has 1 rings (SSSR count). The van der Waals surface area contributed by atoms with Gasteiger partial charge in [-0.05, 0) is 18.3 Å². The molecule has 0 aromatic carbocycles. The van der Waals surface area contributed by atoms with Crippen LogP contribution in [-0.4, -0.2) is 18.9 Å². The minimum absolute atomic E-state index is 0.0575. The average molecular weight is 198 g/mol. The lowest BCUT2D eigenvalue weighted by molar-refractivity contribution is -0.150. The fraction of sp³-hybridized carbons (Fsp3) is 0.818. The molecule has 0 heterocycles. The second-order valence-electron chi connectivity index (χ2n) is 4.06. The minimum atomic E-state index is -0.491. The molecule has 1 aliphatic carbocycles. The smallest absolute Gasteiger partial charge is 0.316 e. The van der Waals surface area contributed by atoms with Crippen LogP contribution in [0, 0.1) is 17.8 Å². The largest absolute Gasteiger partial charge is 0.468 e. The van der Waals surface area contributed by atoms with E-state index < -0.39 is 5.92 Å². The molecule has 80 valence electrons. The molecule has 3 atom stereocenters. The number of carbonyl (C=O) groups excluding carboxylic acids is 2. The summed E-state index contributed by atoms with van der Waals surface area (Å²) in [7, 11) is 1.35. The van der Waals surface area contributed by atoms with Crippen LogP contribution in [0.2, 0.25) is 0 Å². The number of ether oxygens (including phenoxy) is 1. The van der Waals surface area contributed by atoms with Crippen molar-refractivity contribution in [3.63, 3.8) is 0 Å². The second-order valence-corrected chi connectivity index (χ2v) is 4.06. The molecular weight excluding hydrogens is 180 g/mol. The number of esters is 1. The maximum absolute atomic E-state index is 11.5. The van der Waals surface area contributed by atoms with Crippen LogP contribution in [0.1, 0.15) is 33.1 Å². The van der Waals surface area contributed by atoms with Crippen molar-refractivity contribution in [2.75, 3.05) is 7.11 Å². The van der Waals surface area contributed by atoms with E-state index in [4.69, 9.17) is 0 Å². The lowest BCUT2D eigenvalue weighted by Crippen LogP contribution is -2.29. The molecule has 1 fully saturated rings. The molecule has 0 aliphatic heterocycles. The first-order chi connectivity index (χ1) is 6.61. The Labute approximate surface area is 84.8 Å². The van der Waals surface area contributed by atoms with Crippen molar-refractivity contribution >= 4 is 11.8 Å². The molecule has 0 bridgehead atoms. The third-order valence-electron chi connectivity index (χ3n) is 3.33. The molecule has 1 aliphatic rings. The van der Waals surface area contributed by atoms with E-state index in [1.807, 2.05) is 0 Å². The fourth-order valence-corrected chi connectivity index (χ4v) is 2.22. The SMILES string of the molecule is CCC(C)C1CCC(=O)C1C(=O)OC. The summed E-state index contributed by atoms with van der Waals surface area (Å²) in [5.74, 6) is -0.166. The van der Waals surface area contributed by atoms with Gasteiger partial charge in [-0.3, -0.25) is 9.59 Å². The van der Waals surface area contributed by atoms with Gasteiger partial charge in [0.15, 0.2) is 0 Å². The van der Waals surface area contributed by atoms with Crippen LogP contribution in [0.15, 0.2) is 0 Å². The Morgan fingerprint density at radius 3 is 2.79 bits per heavy atom. The molecular formula is C11H18O3. The molecule has 3 nitrogen and oxygen atoms in total. The fourth-order valence-electron chi connectivity index (χ4n) is 2.22. The van der Waals surface area contributed by atoms with E-state index >= 15 is 0 Å². The number of Topliss-reactive ketones (excluding diaryl/α,β-unsaturated/α-hetero) is 1.